The van der Waals surface area contributed by atoms with Gasteiger partial charge in [0, 0.05) is 12.6 Å². The first-order valence-corrected chi connectivity index (χ1v) is 7.56. The number of aliphatic hydroxyl groups excluding tert-OH is 1. The summed E-state index contributed by atoms with van der Waals surface area (Å²) in [5, 5.41) is 18.2. The molecule has 1 unspecified atom stereocenters. The Morgan fingerprint density at radius 1 is 1.26 bits per heavy atom. The summed E-state index contributed by atoms with van der Waals surface area (Å²) in [4.78, 5) is 10.6. The molecule has 0 bridgehead atoms. The second kappa shape index (κ2) is 5.58. The van der Waals surface area contributed by atoms with Crippen molar-refractivity contribution in [3.63, 3.8) is 0 Å². The number of halogens is 1. The molecule has 1 saturated carbocycles. The van der Waals surface area contributed by atoms with Gasteiger partial charge in [0.15, 0.2) is 5.65 Å². The zero-order valence-electron chi connectivity index (χ0n) is 12.4. The molecule has 1 atom stereocenters. The Labute approximate surface area is 132 Å². The first kappa shape index (κ1) is 14.1. The number of aliphatic hydroxyl groups is 1. The first-order valence-electron chi connectivity index (χ1n) is 7.56. The van der Waals surface area contributed by atoms with Crippen LogP contribution in [0.4, 0.5) is 10.2 Å². The van der Waals surface area contributed by atoms with Crippen LogP contribution in [0.5, 0.6) is 0 Å². The van der Waals surface area contributed by atoms with Crippen molar-refractivity contribution in [1.82, 2.24) is 20.2 Å². The molecule has 0 saturated heterocycles. The molecule has 2 N–H and O–H groups in total. The van der Waals surface area contributed by atoms with E-state index in [0.29, 0.717) is 23.8 Å². The van der Waals surface area contributed by atoms with Crippen LogP contribution in [0, 0.1) is 5.82 Å². The largest absolute Gasteiger partial charge is 0.387 e. The lowest BCUT2D eigenvalue weighted by Gasteiger charge is -2.26. The van der Waals surface area contributed by atoms with Crippen LogP contribution in [0.15, 0.2) is 36.8 Å². The predicted octanol–water partition coefficient (Wildman–Crippen LogP) is 2.19. The highest BCUT2D eigenvalue weighted by atomic mass is 19.1. The fraction of sp³-hybridized carbons (Fsp3) is 0.312. The van der Waals surface area contributed by atoms with Gasteiger partial charge >= 0.3 is 0 Å². The molecular formula is C16H16FN5O. The van der Waals surface area contributed by atoms with Crippen LogP contribution < -0.4 is 4.90 Å². The molecule has 0 aliphatic heterocycles. The van der Waals surface area contributed by atoms with Crippen molar-refractivity contribution >= 4 is 16.9 Å². The van der Waals surface area contributed by atoms with E-state index in [1.165, 1.54) is 18.5 Å². The van der Waals surface area contributed by atoms with E-state index in [4.69, 9.17) is 0 Å². The van der Waals surface area contributed by atoms with E-state index in [9.17, 15) is 9.50 Å². The third-order valence-electron chi connectivity index (χ3n) is 4.11. The van der Waals surface area contributed by atoms with Gasteiger partial charge in [-0.3, -0.25) is 5.10 Å². The van der Waals surface area contributed by atoms with Crippen molar-refractivity contribution in [3.8, 4) is 0 Å². The van der Waals surface area contributed by atoms with Crippen LogP contribution in [0.2, 0.25) is 0 Å². The minimum Gasteiger partial charge on any atom is -0.387 e. The van der Waals surface area contributed by atoms with Crippen molar-refractivity contribution < 1.29 is 9.50 Å². The number of H-pyrrole nitrogens is 1. The second-order valence-electron chi connectivity index (χ2n) is 5.78. The quantitative estimate of drug-likeness (QED) is 0.755. The summed E-state index contributed by atoms with van der Waals surface area (Å²) in [5.74, 6) is 0.461. The van der Waals surface area contributed by atoms with E-state index in [-0.39, 0.29) is 5.82 Å². The Hall–Kier alpha value is -2.54. The molecule has 0 radical (unpaired) electrons. The van der Waals surface area contributed by atoms with Gasteiger partial charge in [0.1, 0.15) is 18.0 Å². The number of nitrogens with one attached hydrogen (secondary N) is 1. The summed E-state index contributed by atoms with van der Waals surface area (Å²) >= 11 is 0. The number of nitrogens with zero attached hydrogens (tertiary/aromatic N) is 4. The van der Waals surface area contributed by atoms with Gasteiger partial charge in [-0.1, -0.05) is 12.1 Å². The molecule has 4 rings (SSSR count). The smallest absolute Gasteiger partial charge is 0.160 e. The number of hydrogen-bond acceptors (Lipinski definition) is 5. The average Bonchev–Trinajstić information content (AvgIpc) is 3.29. The number of anilines is 1. The molecule has 1 aromatic carbocycles. The van der Waals surface area contributed by atoms with Crippen LogP contribution in [0.25, 0.3) is 11.0 Å². The van der Waals surface area contributed by atoms with E-state index in [0.717, 1.165) is 24.0 Å². The normalized spacial score (nSPS) is 15.7. The van der Waals surface area contributed by atoms with Crippen LogP contribution >= 0.6 is 0 Å². The minimum atomic E-state index is -0.715. The zero-order valence-corrected chi connectivity index (χ0v) is 12.4. The molecule has 1 aliphatic carbocycles. The van der Waals surface area contributed by atoms with Gasteiger partial charge in [-0.15, -0.1) is 0 Å². The molecule has 1 fully saturated rings. The number of hydrogen-bond donors (Lipinski definition) is 2. The summed E-state index contributed by atoms with van der Waals surface area (Å²) in [7, 11) is 0. The van der Waals surface area contributed by atoms with Gasteiger partial charge in [-0.25, -0.2) is 14.4 Å². The molecule has 2 aromatic heterocycles. The number of fused-ring (bicyclic) bond motifs is 1. The lowest BCUT2D eigenvalue weighted by atomic mass is 10.1. The summed E-state index contributed by atoms with van der Waals surface area (Å²) in [5.41, 5.74) is 1.37. The van der Waals surface area contributed by atoms with Crippen molar-refractivity contribution in [2.24, 2.45) is 0 Å². The van der Waals surface area contributed by atoms with Crippen LogP contribution in [0.3, 0.4) is 0 Å². The van der Waals surface area contributed by atoms with Gasteiger partial charge in [0.25, 0.3) is 0 Å². The molecule has 2 heterocycles. The standard InChI is InChI=1S/C16H16FN5O/c17-11-3-1-10(2-4-11)14(23)8-22(12-5-6-12)16-13-7-20-21-15(13)18-9-19-16/h1-4,7,9,12,14,23H,5-6,8H2,(H,18,19,20,21). The molecule has 0 spiro atoms. The molecule has 23 heavy (non-hydrogen) atoms. The third kappa shape index (κ3) is 2.75. The molecule has 3 aromatic rings. The van der Waals surface area contributed by atoms with E-state index in [1.807, 2.05) is 0 Å². The maximum atomic E-state index is 13.0. The Balaban J connectivity index is 1.63. The third-order valence-corrected chi connectivity index (χ3v) is 4.11. The van der Waals surface area contributed by atoms with E-state index in [2.05, 4.69) is 25.1 Å². The fourth-order valence-corrected chi connectivity index (χ4v) is 2.75. The van der Waals surface area contributed by atoms with Crippen molar-refractivity contribution in [3.05, 3.63) is 48.2 Å². The van der Waals surface area contributed by atoms with Crippen molar-refractivity contribution in [2.75, 3.05) is 11.4 Å². The van der Waals surface area contributed by atoms with Crippen molar-refractivity contribution in [2.45, 2.75) is 25.0 Å². The van der Waals surface area contributed by atoms with Gasteiger partial charge in [-0.2, -0.15) is 5.10 Å². The zero-order chi connectivity index (χ0) is 15.8. The predicted molar refractivity (Wildman–Crippen MR) is 83.4 cm³/mol. The number of aromatic nitrogens is 4. The van der Waals surface area contributed by atoms with E-state index >= 15 is 0 Å². The van der Waals surface area contributed by atoms with Crippen LogP contribution in [0.1, 0.15) is 24.5 Å². The van der Waals surface area contributed by atoms with Gasteiger partial charge in [0.05, 0.1) is 17.7 Å². The lowest BCUT2D eigenvalue weighted by Crippen LogP contribution is -2.31. The molecule has 1 aliphatic rings. The first-order chi connectivity index (χ1) is 11.2. The second-order valence-corrected chi connectivity index (χ2v) is 5.78. The fourth-order valence-electron chi connectivity index (χ4n) is 2.75. The monoisotopic (exact) mass is 313 g/mol. The lowest BCUT2D eigenvalue weighted by molar-refractivity contribution is 0.182. The maximum Gasteiger partial charge on any atom is 0.160 e. The molecule has 118 valence electrons. The van der Waals surface area contributed by atoms with E-state index < -0.39 is 6.10 Å². The van der Waals surface area contributed by atoms with Gasteiger partial charge < -0.3 is 10.0 Å². The summed E-state index contributed by atoms with van der Waals surface area (Å²) < 4.78 is 13.0. The highest BCUT2D eigenvalue weighted by Crippen LogP contribution is 2.34. The molecule has 0 amide bonds. The Morgan fingerprint density at radius 2 is 2.04 bits per heavy atom. The number of aromatic amines is 1. The van der Waals surface area contributed by atoms with Crippen molar-refractivity contribution in [1.29, 1.82) is 0 Å². The topological polar surface area (TPSA) is 77.9 Å². The highest BCUT2D eigenvalue weighted by molar-refractivity contribution is 5.86. The minimum absolute atomic E-state index is 0.309. The Bertz CT molecular complexity index is 815. The Morgan fingerprint density at radius 3 is 2.78 bits per heavy atom. The number of rotatable bonds is 5. The molecule has 7 heteroatoms. The number of benzene rings is 1. The van der Waals surface area contributed by atoms with Crippen LogP contribution in [-0.4, -0.2) is 37.9 Å². The van der Waals surface area contributed by atoms with Gasteiger partial charge in [0.2, 0.25) is 0 Å². The van der Waals surface area contributed by atoms with Gasteiger partial charge in [-0.05, 0) is 30.5 Å². The summed E-state index contributed by atoms with van der Waals surface area (Å²) in [6.45, 7) is 0.396. The molecular weight excluding hydrogens is 297 g/mol. The highest BCUT2D eigenvalue weighted by Gasteiger charge is 2.32. The van der Waals surface area contributed by atoms with E-state index in [1.54, 1.807) is 18.3 Å². The van der Waals surface area contributed by atoms with Crippen LogP contribution in [-0.2, 0) is 0 Å². The SMILES string of the molecule is OC(CN(c1ncnc2[nH]ncc12)C1CC1)c1ccc(F)cc1. The summed E-state index contributed by atoms with van der Waals surface area (Å²) in [6, 6.07) is 6.30. The maximum absolute atomic E-state index is 13.0. The average molecular weight is 313 g/mol. The molecule has 6 nitrogen and oxygen atoms in total. The summed E-state index contributed by atoms with van der Waals surface area (Å²) in [6.07, 6.45) is 4.62. The Kier molecular flexibility index (Phi) is 3.42.